The van der Waals surface area contributed by atoms with Crippen LogP contribution in [0.3, 0.4) is 0 Å². The molecule has 3 aliphatic rings. The van der Waals surface area contributed by atoms with E-state index >= 15 is 0 Å². The van der Waals surface area contributed by atoms with Gasteiger partial charge in [0.1, 0.15) is 0 Å². The Hall–Kier alpha value is -0.880. The number of nitrogens with zero attached hydrogens (tertiary/aromatic N) is 5. The van der Waals surface area contributed by atoms with Crippen molar-refractivity contribution in [3.63, 3.8) is 0 Å². The van der Waals surface area contributed by atoms with Gasteiger partial charge in [0.2, 0.25) is 5.16 Å². The quantitative estimate of drug-likeness (QED) is 0.586. The smallest absolute Gasteiger partial charge is 0.209 e. The molecular formula is C13H21N5S. The van der Waals surface area contributed by atoms with E-state index in [4.69, 9.17) is 0 Å². The summed E-state index contributed by atoms with van der Waals surface area (Å²) < 4.78 is 1.81. The maximum atomic E-state index is 4.07. The van der Waals surface area contributed by atoms with E-state index in [1.54, 1.807) is 11.8 Å². The van der Waals surface area contributed by atoms with E-state index in [1.807, 2.05) is 10.8 Å². The Morgan fingerprint density at radius 3 is 2.89 bits per heavy atom. The fourth-order valence-corrected chi connectivity index (χ4v) is 4.21. The number of thioether (sulfide) groups is 1. The minimum atomic E-state index is 0.690. The first-order valence-electron chi connectivity index (χ1n) is 7.09. The van der Waals surface area contributed by atoms with Crippen LogP contribution in [0.1, 0.15) is 19.3 Å². The van der Waals surface area contributed by atoms with Crippen molar-refractivity contribution >= 4 is 11.8 Å². The second-order valence-electron chi connectivity index (χ2n) is 5.47. The van der Waals surface area contributed by atoms with Gasteiger partial charge >= 0.3 is 0 Å². The van der Waals surface area contributed by atoms with Gasteiger partial charge in [0, 0.05) is 12.3 Å². The van der Waals surface area contributed by atoms with Crippen LogP contribution < -0.4 is 0 Å². The average Bonchev–Trinajstić information content (AvgIpc) is 2.88. The molecule has 1 aromatic heterocycles. The fraction of sp³-hybridized carbons (Fsp3) is 0.769. The first-order chi connectivity index (χ1) is 9.36. The van der Waals surface area contributed by atoms with E-state index in [1.165, 1.54) is 38.9 Å². The van der Waals surface area contributed by atoms with Crippen LogP contribution in [0.4, 0.5) is 0 Å². The van der Waals surface area contributed by atoms with Crippen LogP contribution in [0.5, 0.6) is 0 Å². The molecule has 104 valence electrons. The lowest BCUT2D eigenvalue weighted by Gasteiger charge is -2.44. The normalized spacial score (nSPS) is 29.6. The topological polar surface area (TPSA) is 46.8 Å². The predicted molar refractivity (Wildman–Crippen MR) is 76.0 cm³/mol. The van der Waals surface area contributed by atoms with Crippen molar-refractivity contribution in [3.05, 3.63) is 12.7 Å². The fourth-order valence-electron chi connectivity index (χ4n) is 3.25. The van der Waals surface area contributed by atoms with Crippen LogP contribution in [0.2, 0.25) is 0 Å². The van der Waals surface area contributed by atoms with Gasteiger partial charge < -0.3 is 4.90 Å². The molecule has 0 radical (unpaired) electrons. The summed E-state index contributed by atoms with van der Waals surface area (Å²) in [4.78, 5) is 2.62. The summed E-state index contributed by atoms with van der Waals surface area (Å²) in [6.07, 6.45) is 5.92. The van der Waals surface area contributed by atoms with Crippen LogP contribution in [0.15, 0.2) is 17.8 Å². The van der Waals surface area contributed by atoms with Crippen molar-refractivity contribution in [3.8, 4) is 0 Å². The molecular weight excluding hydrogens is 258 g/mol. The molecule has 3 aliphatic heterocycles. The number of fused-ring (bicyclic) bond motifs is 3. The molecule has 0 aliphatic carbocycles. The van der Waals surface area contributed by atoms with E-state index in [9.17, 15) is 0 Å². The lowest BCUT2D eigenvalue weighted by molar-refractivity contribution is 0.0498. The number of allylic oxidation sites excluding steroid dienone is 1. The second kappa shape index (κ2) is 6.05. The van der Waals surface area contributed by atoms with Crippen molar-refractivity contribution in [2.24, 2.45) is 11.8 Å². The van der Waals surface area contributed by atoms with E-state index in [0.717, 1.165) is 22.7 Å². The zero-order chi connectivity index (χ0) is 13.1. The maximum absolute atomic E-state index is 4.07. The van der Waals surface area contributed by atoms with Crippen LogP contribution in [0, 0.1) is 11.8 Å². The molecule has 3 fully saturated rings. The van der Waals surface area contributed by atoms with Gasteiger partial charge in [-0.2, -0.15) is 0 Å². The summed E-state index contributed by atoms with van der Waals surface area (Å²) in [6, 6.07) is 0. The molecule has 0 spiro atoms. The Bertz CT molecular complexity index is 424. The summed E-state index contributed by atoms with van der Waals surface area (Å²) in [5.74, 6) is 2.97. The van der Waals surface area contributed by atoms with Crippen molar-refractivity contribution < 1.29 is 0 Å². The summed E-state index contributed by atoms with van der Waals surface area (Å²) in [7, 11) is 0. The summed E-state index contributed by atoms with van der Waals surface area (Å²) in [5.41, 5.74) is 0. The minimum Gasteiger partial charge on any atom is -0.303 e. The minimum absolute atomic E-state index is 0.690. The van der Waals surface area contributed by atoms with Crippen molar-refractivity contribution in [1.29, 1.82) is 0 Å². The summed E-state index contributed by atoms with van der Waals surface area (Å²) in [5, 5.41) is 12.7. The number of hydrogen-bond donors (Lipinski definition) is 0. The number of piperidine rings is 3. The van der Waals surface area contributed by atoms with E-state index < -0.39 is 0 Å². The van der Waals surface area contributed by atoms with Gasteiger partial charge in [0.05, 0.1) is 6.54 Å². The van der Waals surface area contributed by atoms with Gasteiger partial charge in [0.25, 0.3) is 0 Å². The van der Waals surface area contributed by atoms with Gasteiger partial charge in [0.15, 0.2) is 0 Å². The molecule has 0 aromatic carbocycles. The van der Waals surface area contributed by atoms with Gasteiger partial charge in [-0.3, -0.25) is 0 Å². The highest BCUT2D eigenvalue weighted by atomic mass is 32.2. The highest BCUT2D eigenvalue weighted by molar-refractivity contribution is 7.99. The van der Waals surface area contributed by atoms with Crippen molar-refractivity contribution in [2.75, 3.05) is 25.4 Å². The second-order valence-corrected chi connectivity index (χ2v) is 6.53. The van der Waals surface area contributed by atoms with Crippen LogP contribution in [-0.4, -0.2) is 50.5 Å². The molecule has 1 unspecified atom stereocenters. The van der Waals surface area contributed by atoms with Crippen LogP contribution >= 0.6 is 11.8 Å². The monoisotopic (exact) mass is 279 g/mol. The Morgan fingerprint density at radius 2 is 2.21 bits per heavy atom. The highest BCUT2D eigenvalue weighted by Crippen LogP contribution is 2.35. The van der Waals surface area contributed by atoms with Gasteiger partial charge in [-0.1, -0.05) is 17.8 Å². The molecule has 1 aromatic rings. The van der Waals surface area contributed by atoms with Crippen molar-refractivity contribution in [1.82, 2.24) is 25.1 Å². The molecule has 3 saturated heterocycles. The molecule has 2 bridgehead atoms. The third-order valence-electron chi connectivity index (χ3n) is 4.31. The SMILES string of the molecule is C=CCn1nnnc1SCCC1CN2CCC1CC2. The zero-order valence-corrected chi connectivity index (χ0v) is 12.1. The number of hydrogen-bond acceptors (Lipinski definition) is 5. The van der Waals surface area contributed by atoms with Crippen molar-refractivity contribution in [2.45, 2.75) is 31.0 Å². The molecule has 19 heavy (non-hydrogen) atoms. The molecule has 0 amide bonds. The van der Waals surface area contributed by atoms with E-state index in [2.05, 4.69) is 27.0 Å². The van der Waals surface area contributed by atoms with Gasteiger partial charge in [-0.25, -0.2) is 4.68 Å². The van der Waals surface area contributed by atoms with Crippen LogP contribution in [-0.2, 0) is 6.54 Å². The first kappa shape index (κ1) is 13.1. The Kier molecular flexibility index (Phi) is 4.18. The predicted octanol–water partition coefficient (Wildman–Crippen LogP) is 1.68. The third kappa shape index (κ3) is 3.00. The number of aromatic nitrogens is 4. The zero-order valence-electron chi connectivity index (χ0n) is 11.2. The largest absolute Gasteiger partial charge is 0.303 e. The molecule has 0 N–H and O–H groups in total. The Labute approximate surface area is 118 Å². The lowest BCUT2D eigenvalue weighted by atomic mass is 9.78. The highest BCUT2D eigenvalue weighted by Gasteiger charge is 2.33. The summed E-state index contributed by atoms with van der Waals surface area (Å²) in [6.45, 7) is 8.37. The molecule has 6 heteroatoms. The van der Waals surface area contributed by atoms with Gasteiger partial charge in [-0.05, 0) is 54.6 Å². The number of tetrazole rings is 1. The third-order valence-corrected chi connectivity index (χ3v) is 5.30. The molecule has 4 rings (SSSR count). The van der Waals surface area contributed by atoms with Crippen LogP contribution in [0.25, 0.3) is 0 Å². The Morgan fingerprint density at radius 1 is 1.37 bits per heavy atom. The van der Waals surface area contributed by atoms with E-state index in [0.29, 0.717) is 6.54 Å². The number of rotatable bonds is 6. The standard InChI is InChI=1S/C13H21N5S/c1-2-6-18-13(14-15-16-18)19-9-5-12-10-17-7-3-11(12)4-8-17/h2,11-12H,1,3-10H2. The molecule has 5 nitrogen and oxygen atoms in total. The van der Waals surface area contributed by atoms with Gasteiger partial charge in [-0.15, -0.1) is 11.7 Å². The maximum Gasteiger partial charge on any atom is 0.209 e. The molecule has 1 atom stereocenters. The Balaban J connectivity index is 1.47. The molecule has 4 heterocycles. The summed E-state index contributed by atoms with van der Waals surface area (Å²) >= 11 is 1.78. The molecule has 0 saturated carbocycles. The van der Waals surface area contributed by atoms with E-state index in [-0.39, 0.29) is 0 Å². The average molecular weight is 279 g/mol. The first-order valence-corrected chi connectivity index (χ1v) is 8.07. The lowest BCUT2D eigenvalue weighted by Crippen LogP contribution is -2.47.